The predicted molar refractivity (Wildman–Crippen MR) is 65.4 cm³/mol. The molecule has 0 saturated heterocycles. The first kappa shape index (κ1) is 15.0. The molecule has 0 unspecified atom stereocenters. The molecule has 1 aromatic rings. The number of halogens is 4. The first-order chi connectivity index (χ1) is 8.40. The molecule has 100 valence electrons. The average molecular weight is 325 g/mol. The molecule has 0 amide bonds. The number of ether oxygens (including phenoxy) is 1. The summed E-state index contributed by atoms with van der Waals surface area (Å²) in [6, 6.07) is 2.92. The SMILES string of the molecule is CCOc1cc(C(F)(F)F)ccc1C(=O)CCBr. The van der Waals surface area contributed by atoms with Crippen molar-refractivity contribution in [3.05, 3.63) is 29.3 Å². The summed E-state index contributed by atoms with van der Waals surface area (Å²) in [6.07, 6.45) is -4.23. The van der Waals surface area contributed by atoms with E-state index in [1.807, 2.05) is 0 Å². The zero-order chi connectivity index (χ0) is 13.8. The van der Waals surface area contributed by atoms with Crippen LogP contribution in [0, 0.1) is 0 Å². The van der Waals surface area contributed by atoms with E-state index in [-0.39, 0.29) is 30.1 Å². The van der Waals surface area contributed by atoms with Crippen LogP contribution in [0.25, 0.3) is 0 Å². The van der Waals surface area contributed by atoms with Crippen LogP contribution in [0.15, 0.2) is 18.2 Å². The Kier molecular flexibility index (Phi) is 5.19. The molecular formula is C12H12BrF3O2. The number of ketones is 1. The summed E-state index contributed by atoms with van der Waals surface area (Å²) in [6.45, 7) is 1.86. The summed E-state index contributed by atoms with van der Waals surface area (Å²) in [5, 5.41) is 0.457. The van der Waals surface area contributed by atoms with E-state index in [0.29, 0.717) is 5.33 Å². The smallest absolute Gasteiger partial charge is 0.416 e. The minimum atomic E-state index is -4.44. The Morgan fingerprint density at radius 3 is 2.56 bits per heavy atom. The van der Waals surface area contributed by atoms with Gasteiger partial charge < -0.3 is 4.74 Å². The topological polar surface area (TPSA) is 26.3 Å². The largest absolute Gasteiger partial charge is 0.493 e. The Labute approximate surface area is 111 Å². The van der Waals surface area contributed by atoms with Gasteiger partial charge in [0, 0.05) is 11.8 Å². The molecule has 1 rings (SSSR count). The first-order valence-electron chi connectivity index (χ1n) is 5.33. The number of alkyl halides is 4. The predicted octanol–water partition coefficient (Wildman–Crippen LogP) is 4.07. The van der Waals surface area contributed by atoms with Gasteiger partial charge in [-0.3, -0.25) is 4.79 Å². The summed E-state index contributed by atoms with van der Waals surface area (Å²) in [5.74, 6) is -0.262. The van der Waals surface area contributed by atoms with Gasteiger partial charge in [0.2, 0.25) is 0 Å². The van der Waals surface area contributed by atoms with E-state index in [1.54, 1.807) is 6.92 Å². The molecule has 18 heavy (non-hydrogen) atoms. The molecule has 1 aromatic carbocycles. The van der Waals surface area contributed by atoms with Gasteiger partial charge in [-0.05, 0) is 25.1 Å². The molecule has 0 N–H and O–H groups in total. The fourth-order valence-corrected chi connectivity index (χ4v) is 1.78. The quantitative estimate of drug-likeness (QED) is 0.602. The zero-order valence-electron chi connectivity index (χ0n) is 9.68. The van der Waals surface area contributed by atoms with Crippen LogP contribution in [0.5, 0.6) is 5.75 Å². The fraction of sp³-hybridized carbons (Fsp3) is 0.417. The van der Waals surface area contributed by atoms with Crippen molar-refractivity contribution >= 4 is 21.7 Å². The van der Waals surface area contributed by atoms with Crippen LogP contribution in [0.4, 0.5) is 13.2 Å². The lowest BCUT2D eigenvalue weighted by atomic mass is 10.0. The van der Waals surface area contributed by atoms with Gasteiger partial charge in [-0.2, -0.15) is 13.2 Å². The summed E-state index contributed by atoms with van der Waals surface area (Å²) in [5.41, 5.74) is -0.634. The van der Waals surface area contributed by atoms with Gasteiger partial charge >= 0.3 is 6.18 Å². The van der Waals surface area contributed by atoms with Gasteiger partial charge in [0.25, 0.3) is 0 Å². The minimum absolute atomic E-state index is 0.0155. The van der Waals surface area contributed by atoms with Crippen LogP contribution < -0.4 is 4.74 Å². The molecule has 0 fully saturated rings. The van der Waals surface area contributed by atoms with E-state index in [1.165, 1.54) is 6.07 Å². The molecule has 6 heteroatoms. The maximum absolute atomic E-state index is 12.5. The highest BCUT2D eigenvalue weighted by atomic mass is 79.9. The molecule has 0 aliphatic carbocycles. The van der Waals surface area contributed by atoms with Crippen LogP contribution >= 0.6 is 15.9 Å². The second-order valence-electron chi connectivity index (χ2n) is 3.50. The van der Waals surface area contributed by atoms with Crippen molar-refractivity contribution < 1.29 is 22.7 Å². The molecule has 0 aliphatic rings. The van der Waals surface area contributed by atoms with Crippen LogP contribution in [-0.4, -0.2) is 17.7 Å². The highest BCUT2D eigenvalue weighted by Crippen LogP contribution is 2.33. The molecule has 0 spiro atoms. The maximum Gasteiger partial charge on any atom is 0.416 e. The molecule has 2 nitrogen and oxygen atoms in total. The maximum atomic E-state index is 12.5. The minimum Gasteiger partial charge on any atom is -0.493 e. The number of carbonyl (C=O) groups excluding carboxylic acids is 1. The van der Waals surface area contributed by atoms with Crippen molar-refractivity contribution in [2.45, 2.75) is 19.5 Å². The molecule has 0 radical (unpaired) electrons. The third-order valence-electron chi connectivity index (χ3n) is 2.23. The lowest BCUT2D eigenvalue weighted by Crippen LogP contribution is -2.09. The van der Waals surface area contributed by atoms with E-state index in [2.05, 4.69) is 15.9 Å². The summed E-state index contributed by atoms with van der Waals surface area (Å²) < 4.78 is 42.7. The molecule has 0 aliphatic heterocycles. The Balaban J connectivity index is 3.16. The number of benzene rings is 1. The van der Waals surface area contributed by atoms with Gasteiger partial charge in [-0.15, -0.1) is 0 Å². The van der Waals surface area contributed by atoms with Gasteiger partial charge in [0.05, 0.1) is 17.7 Å². The molecule has 0 aromatic heterocycles. The van der Waals surface area contributed by atoms with Crippen LogP contribution in [-0.2, 0) is 6.18 Å². The third-order valence-corrected chi connectivity index (χ3v) is 2.63. The first-order valence-corrected chi connectivity index (χ1v) is 6.45. The molecule has 0 saturated carbocycles. The second kappa shape index (κ2) is 6.22. The second-order valence-corrected chi connectivity index (χ2v) is 4.30. The normalized spacial score (nSPS) is 11.4. The van der Waals surface area contributed by atoms with E-state index >= 15 is 0 Å². The molecule has 0 heterocycles. The summed E-state index contributed by atoms with van der Waals surface area (Å²) in [4.78, 5) is 11.7. The van der Waals surface area contributed by atoms with E-state index in [9.17, 15) is 18.0 Å². The highest BCUT2D eigenvalue weighted by Gasteiger charge is 2.31. The Morgan fingerprint density at radius 2 is 2.06 bits per heavy atom. The monoisotopic (exact) mass is 324 g/mol. The lowest BCUT2D eigenvalue weighted by Gasteiger charge is -2.13. The van der Waals surface area contributed by atoms with Crippen LogP contribution in [0.1, 0.15) is 29.3 Å². The number of hydrogen-bond acceptors (Lipinski definition) is 2. The Bertz CT molecular complexity index is 430. The number of hydrogen-bond donors (Lipinski definition) is 0. The number of rotatable bonds is 5. The van der Waals surface area contributed by atoms with Crippen molar-refractivity contribution in [3.63, 3.8) is 0 Å². The average Bonchev–Trinajstić information content (AvgIpc) is 2.28. The van der Waals surface area contributed by atoms with Crippen molar-refractivity contribution in [2.75, 3.05) is 11.9 Å². The summed E-state index contributed by atoms with van der Waals surface area (Å²) in [7, 11) is 0. The van der Waals surface area contributed by atoms with Crippen LogP contribution in [0.3, 0.4) is 0 Å². The van der Waals surface area contributed by atoms with Crippen molar-refractivity contribution in [3.8, 4) is 5.75 Å². The van der Waals surface area contributed by atoms with Gasteiger partial charge in [-0.25, -0.2) is 0 Å². The molecule has 0 atom stereocenters. The zero-order valence-corrected chi connectivity index (χ0v) is 11.3. The van der Waals surface area contributed by atoms with Crippen LogP contribution in [0.2, 0.25) is 0 Å². The van der Waals surface area contributed by atoms with Crippen molar-refractivity contribution in [1.29, 1.82) is 0 Å². The van der Waals surface area contributed by atoms with Gasteiger partial charge in [-0.1, -0.05) is 15.9 Å². The summed E-state index contributed by atoms with van der Waals surface area (Å²) >= 11 is 3.12. The molecular weight excluding hydrogens is 313 g/mol. The standard InChI is InChI=1S/C12H12BrF3O2/c1-2-18-11-7-8(12(14,15)16)3-4-9(11)10(17)5-6-13/h3-4,7H,2,5-6H2,1H3. The van der Waals surface area contributed by atoms with Gasteiger partial charge in [0.1, 0.15) is 5.75 Å². The van der Waals surface area contributed by atoms with Crippen molar-refractivity contribution in [1.82, 2.24) is 0 Å². The Hall–Kier alpha value is -1.04. The van der Waals surface area contributed by atoms with E-state index in [0.717, 1.165) is 12.1 Å². The molecule has 0 bridgehead atoms. The van der Waals surface area contributed by atoms with Crippen molar-refractivity contribution in [2.24, 2.45) is 0 Å². The van der Waals surface area contributed by atoms with Gasteiger partial charge in [0.15, 0.2) is 5.78 Å². The fourth-order valence-electron chi connectivity index (χ4n) is 1.42. The number of Topliss-reactive ketones (excluding diaryl/α,β-unsaturated/α-hetero) is 1. The number of carbonyl (C=O) groups is 1. The Morgan fingerprint density at radius 1 is 1.39 bits per heavy atom. The lowest BCUT2D eigenvalue weighted by molar-refractivity contribution is -0.137. The highest BCUT2D eigenvalue weighted by molar-refractivity contribution is 9.09. The third kappa shape index (κ3) is 3.73. The van der Waals surface area contributed by atoms with E-state index < -0.39 is 11.7 Å². The van der Waals surface area contributed by atoms with E-state index in [4.69, 9.17) is 4.74 Å².